The van der Waals surface area contributed by atoms with Crippen molar-refractivity contribution in [2.45, 2.75) is 45.4 Å². The van der Waals surface area contributed by atoms with Gasteiger partial charge in [-0.2, -0.15) is 0 Å². The van der Waals surface area contributed by atoms with Gasteiger partial charge in [0.15, 0.2) is 0 Å². The third kappa shape index (κ3) is 8.89. The van der Waals surface area contributed by atoms with Crippen LogP contribution in [0.1, 0.15) is 27.8 Å². The minimum atomic E-state index is -1.21. The normalized spacial score (nSPS) is 12.1. The molecule has 0 aliphatic rings. The van der Waals surface area contributed by atoms with Gasteiger partial charge in [-0.3, -0.25) is 14.9 Å². The fraction of sp³-hybridized carbons (Fsp3) is 0.241. The van der Waals surface area contributed by atoms with Gasteiger partial charge < -0.3 is 26.2 Å². The molecule has 0 radical (unpaired) electrons. The molecule has 0 aliphatic carbocycles. The van der Waals surface area contributed by atoms with Crippen LogP contribution in [0.25, 0.3) is 0 Å². The molecular formula is C29H32N4O6. The second-order valence-corrected chi connectivity index (χ2v) is 9.13. The number of ether oxygens (including phenoxy) is 1. The Morgan fingerprint density at radius 1 is 0.821 bits per heavy atom. The molecule has 0 bridgehead atoms. The Kier molecular flexibility index (Phi) is 10.0. The maximum atomic E-state index is 13.2. The molecule has 2 atom stereocenters. The summed E-state index contributed by atoms with van der Waals surface area (Å²) in [7, 11) is 0. The molecule has 3 aromatic carbocycles. The summed E-state index contributed by atoms with van der Waals surface area (Å²) in [5.41, 5.74) is 9.09. The van der Waals surface area contributed by atoms with E-state index in [-0.39, 0.29) is 25.2 Å². The number of carbonyl (C=O) groups is 4. The highest BCUT2D eigenvalue weighted by Gasteiger charge is 2.27. The van der Waals surface area contributed by atoms with Crippen molar-refractivity contribution in [2.75, 3.05) is 0 Å². The van der Waals surface area contributed by atoms with Crippen molar-refractivity contribution in [3.05, 3.63) is 101 Å². The number of aromatic hydroxyl groups is 1. The van der Waals surface area contributed by atoms with Gasteiger partial charge in [-0.25, -0.2) is 9.59 Å². The van der Waals surface area contributed by atoms with E-state index in [0.717, 1.165) is 11.1 Å². The summed E-state index contributed by atoms with van der Waals surface area (Å²) in [6.45, 7) is 3.51. The van der Waals surface area contributed by atoms with Gasteiger partial charge in [-0.1, -0.05) is 60.7 Å². The maximum absolute atomic E-state index is 13.2. The number of rotatable bonds is 10. The zero-order valence-electron chi connectivity index (χ0n) is 21.8. The average Bonchev–Trinajstić information content (AvgIpc) is 2.89. The lowest BCUT2D eigenvalue weighted by molar-refractivity contribution is -0.122. The zero-order chi connectivity index (χ0) is 28.4. The fourth-order valence-corrected chi connectivity index (χ4v) is 4.08. The molecule has 10 heteroatoms. The number of nitrogens with two attached hydrogens (primary N) is 1. The van der Waals surface area contributed by atoms with Crippen molar-refractivity contribution >= 4 is 23.9 Å². The lowest BCUT2D eigenvalue weighted by Crippen LogP contribution is -2.55. The first-order chi connectivity index (χ1) is 18.6. The second kappa shape index (κ2) is 13.6. The summed E-state index contributed by atoms with van der Waals surface area (Å²) in [5.74, 6) is -1.52. The quantitative estimate of drug-likeness (QED) is 0.270. The minimum Gasteiger partial charge on any atom is -0.508 e. The zero-order valence-corrected chi connectivity index (χ0v) is 21.8. The summed E-state index contributed by atoms with van der Waals surface area (Å²) in [6.07, 6.45) is -0.703. The van der Waals surface area contributed by atoms with E-state index >= 15 is 0 Å². The topological polar surface area (TPSA) is 160 Å². The second-order valence-electron chi connectivity index (χ2n) is 9.13. The number of hydrogen-bond acceptors (Lipinski definition) is 6. The molecule has 204 valence electrons. The fourth-order valence-electron chi connectivity index (χ4n) is 4.08. The number of imide groups is 1. The average molecular weight is 533 g/mol. The van der Waals surface area contributed by atoms with E-state index in [2.05, 4.69) is 16.0 Å². The highest BCUT2D eigenvalue weighted by molar-refractivity contribution is 5.99. The van der Waals surface area contributed by atoms with E-state index in [4.69, 9.17) is 10.5 Å². The van der Waals surface area contributed by atoms with Crippen molar-refractivity contribution in [3.8, 4) is 5.75 Å². The highest BCUT2D eigenvalue weighted by Crippen LogP contribution is 2.22. The molecule has 10 nitrogen and oxygen atoms in total. The van der Waals surface area contributed by atoms with Crippen LogP contribution in [-0.2, 0) is 33.8 Å². The number of urea groups is 1. The first-order valence-electron chi connectivity index (χ1n) is 12.3. The molecule has 0 aromatic heterocycles. The number of phenolic OH excluding ortho intramolecular Hbond substituents is 1. The summed E-state index contributed by atoms with van der Waals surface area (Å²) < 4.78 is 5.26. The molecule has 5 amide bonds. The van der Waals surface area contributed by atoms with Crippen molar-refractivity contribution in [3.63, 3.8) is 0 Å². The summed E-state index contributed by atoms with van der Waals surface area (Å²) >= 11 is 0. The van der Waals surface area contributed by atoms with Crippen LogP contribution in [-0.4, -0.2) is 41.1 Å². The number of alkyl carbamates (subject to hydrolysis) is 1. The number of hydrogen-bond donors (Lipinski definition) is 5. The molecular weight excluding hydrogens is 500 g/mol. The van der Waals surface area contributed by atoms with Crippen LogP contribution < -0.4 is 21.7 Å². The molecule has 0 saturated carbocycles. The van der Waals surface area contributed by atoms with Crippen molar-refractivity contribution in [1.29, 1.82) is 0 Å². The van der Waals surface area contributed by atoms with E-state index in [9.17, 15) is 24.3 Å². The van der Waals surface area contributed by atoms with Crippen LogP contribution in [0.2, 0.25) is 0 Å². The van der Waals surface area contributed by atoms with E-state index in [0.29, 0.717) is 16.7 Å². The van der Waals surface area contributed by atoms with Gasteiger partial charge in [0.1, 0.15) is 24.4 Å². The molecule has 3 aromatic rings. The van der Waals surface area contributed by atoms with Crippen LogP contribution in [0.3, 0.4) is 0 Å². The number of phenols is 1. The maximum Gasteiger partial charge on any atom is 0.408 e. The molecule has 0 spiro atoms. The van der Waals surface area contributed by atoms with E-state index in [1.54, 1.807) is 74.5 Å². The summed E-state index contributed by atoms with van der Waals surface area (Å²) in [5, 5.41) is 17.0. The minimum absolute atomic E-state index is 0.0146. The van der Waals surface area contributed by atoms with Crippen LogP contribution in [0.15, 0.2) is 72.8 Å². The van der Waals surface area contributed by atoms with Crippen molar-refractivity contribution in [2.24, 2.45) is 5.73 Å². The van der Waals surface area contributed by atoms with Crippen LogP contribution >= 0.6 is 0 Å². The monoisotopic (exact) mass is 532 g/mol. The van der Waals surface area contributed by atoms with Gasteiger partial charge >= 0.3 is 12.1 Å². The van der Waals surface area contributed by atoms with Crippen LogP contribution in [0, 0.1) is 13.8 Å². The third-order valence-electron chi connectivity index (χ3n) is 6.08. The Labute approximate surface area is 226 Å². The van der Waals surface area contributed by atoms with Gasteiger partial charge in [0, 0.05) is 12.8 Å². The predicted octanol–water partition coefficient (Wildman–Crippen LogP) is 2.77. The molecule has 0 heterocycles. The van der Waals surface area contributed by atoms with E-state index in [1.807, 2.05) is 12.1 Å². The Balaban J connectivity index is 1.71. The number of aryl methyl sites for hydroxylation is 2. The SMILES string of the molecule is Cc1cc(O)cc(C)c1C[C@@H](NC(=O)OCc1ccccc1)C(=O)NC(=O)N[C@@H](Cc1ccccc1)C(N)=O. The molecule has 3 rings (SSSR count). The highest BCUT2D eigenvalue weighted by atomic mass is 16.5. The molecule has 0 aliphatic heterocycles. The number of nitrogens with one attached hydrogen (secondary N) is 3. The predicted molar refractivity (Wildman–Crippen MR) is 145 cm³/mol. The number of carbonyl (C=O) groups excluding carboxylic acids is 4. The Morgan fingerprint density at radius 3 is 1.95 bits per heavy atom. The van der Waals surface area contributed by atoms with Crippen molar-refractivity contribution < 1.29 is 29.0 Å². The third-order valence-corrected chi connectivity index (χ3v) is 6.08. The first-order valence-corrected chi connectivity index (χ1v) is 12.3. The van der Waals surface area contributed by atoms with Gasteiger partial charge in [-0.15, -0.1) is 0 Å². The molecule has 6 N–H and O–H groups in total. The van der Waals surface area contributed by atoms with E-state index in [1.165, 1.54) is 0 Å². The largest absolute Gasteiger partial charge is 0.508 e. The Hall–Kier alpha value is -4.86. The molecule has 0 saturated heterocycles. The lowest BCUT2D eigenvalue weighted by Gasteiger charge is -2.21. The number of benzene rings is 3. The number of amides is 5. The van der Waals surface area contributed by atoms with Gasteiger partial charge in [-0.05, 0) is 53.8 Å². The molecule has 0 unspecified atom stereocenters. The first kappa shape index (κ1) is 28.7. The van der Waals surface area contributed by atoms with Crippen LogP contribution in [0.4, 0.5) is 9.59 Å². The molecule has 39 heavy (non-hydrogen) atoms. The summed E-state index contributed by atoms with van der Waals surface area (Å²) in [6, 6.07) is 17.8. The van der Waals surface area contributed by atoms with Gasteiger partial charge in [0.2, 0.25) is 5.91 Å². The lowest BCUT2D eigenvalue weighted by atomic mass is 9.95. The Bertz CT molecular complexity index is 1290. The van der Waals surface area contributed by atoms with Gasteiger partial charge in [0.25, 0.3) is 5.91 Å². The smallest absolute Gasteiger partial charge is 0.408 e. The van der Waals surface area contributed by atoms with Crippen LogP contribution in [0.5, 0.6) is 5.75 Å². The summed E-state index contributed by atoms with van der Waals surface area (Å²) in [4.78, 5) is 50.3. The number of primary amides is 1. The molecule has 0 fully saturated rings. The Morgan fingerprint density at radius 2 is 1.38 bits per heavy atom. The van der Waals surface area contributed by atoms with Crippen molar-refractivity contribution in [1.82, 2.24) is 16.0 Å². The van der Waals surface area contributed by atoms with E-state index < -0.39 is 36.0 Å². The standard InChI is InChI=1S/C29H32N4O6/c1-18-13-22(34)14-19(2)23(18)16-25(32-29(38)39-17-21-11-7-4-8-12-21)27(36)33-28(37)31-24(26(30)35)15-20-9-5-3-6-10-20/h3-14,24-25,34H,15-17H2,1-2H3,(H2,30,35)(H,32,38)(H2,31,33,36,37)/t24-,25+/m0/s1. The van der Waals surface area contributed by atoms with Gasteiger partial charge in [0.05, 0.1) is 0 Å².